The van der Waals surface area contributed by atoms with Gasteiger partial charge in [0.1, 0.15) is 4.62 Å². The summed E-state index contributed by atoms with van der Waals surface area (Å²) in [6, 6.07) is -0.679. The highest BCUT2D eigenvalue weighted by molar-refractivity contribution is 9.18. The van der Waals surface area contributed by atoms with Gasteiger partial charge in [0, 0.05) is 6.42 Å². The summed E-state index contributed by atoms with van der Waals surface area (Å²) in [7, 11) is 0. The molecule has 1 amide bonds. The molecule has 0 radical (unpaired) electrons. The molecule has 0 bridgehead atoms. The van der Waals surface area contributed by atoms with E-state index in [0.29, 0.717) is 11.0 Å². The summed E-state index contributed by atoms with van der Waals surface area (Å²) in [6.45, 7) is -0.340. The fourth-order valence-electron chi connectivity index (χ4n) is 1.09. The third-order valence-electron chi connectivity index (χ3n) is 1.88. The quantitative estimate of drug-likeness (QED) is 0.751. The predicted molar refractivity (Wildman–Crippen MR) is 65.2 cm³/mol. The highest BCUT2D eigenvalue weighted by atomic mass is 79.9. The zero-order valence-corrected chi connectivity index (χ0v) is 11.6. The number of halogens is 4. The molecule has 92 valence electrons. The van der Waals surface area contributed by atoms with Gasteiger partial charge in [0.05, 0.1) is 12.6 Å². The summed E-state index contributed by atoms with van der Waals surface area (Å²) in [5, 5.41) is 15.1. The number of aliphatic hydroxyl groups excluding tert-OH is 1. The van der Waals surface area contributed by atoms with Gasteiger partial charge in [0.2, 0.25) is 0 Å². The van der Waals surface area contributed by atoms with E-state index in [0.717, 1.165) is 0 Å². The van der Waals surface area contributed by atoms with Crippen molar-refractivity contribution in [2.75, 3.05) is 6.61 Å². The van der Waals surface area contributed by atoms with Crippen LogP contribution in [0.3, 0.4) is 0 Å². The molecule has 0 unspecified atom stereocenters. The zero-order chi connectivity index (χ0) is 12.3. The lowest BCUT2D eigenvalue weighted by molar-refractivity contribution is -0.122. The van der Waals surface area contributed by atoms with Crippen LogP contribution in [0.1, 0.15) is 6.42 Å². The van der Waals surface area contributed by atoms with Gasteiger partial charge in [-0.25, -0.2) is 0 Å². The van der Waals surface area contributed by atoms with E-state index in [1.807, 2.05) is 0 Å². The van der Waals surface area contributed by atoms with E-state index in [4.69, 9.17) is 44.7 Å². The molecule has 0 saturated carbocycles. The molecule has 9 heteroatoms. The van der Waals surface area contributed by atoms with Crippen molar-refractivity contribution in [2.24, 2.45) is 5.16 Å². The van der Waals surface area contributed by atoms with Gasteiger partial charge in [-0.1, -0.05) is 40.0 Å². The molecule has 0 aromatic carbocycles. The van der Waals surface area contributed by atoms with Gasteiger partial charge in [-0.05, 0) is 15.9 Å². The lowest BCUT2D eigenvalue weighted by Gasteiger charge is -2.22. The molecule has 1 heterocycles. The van der Waals surface area contributed by atoms with Gasteiger partial charge in [-0.2, -0.15) is 0 Å². The molecule has 2 N–H and O–H groups in total. The van der Waals surface area contributed by atoms with Gasteiger partial charge in [-0.15, -0.1) is 0 Å². The second-order valence-corrected chi connectivity index (χ2v) is 6.27. The first-order valence-electron chi connectivity index (χ1n) is 4.21. The van der Waals surface area contributed by atoms with Crippen LogP contribution in [0.4, 0.5) is 0 Å². The van der Waals surface area contributed by atoms with Crippen LogP contribution in [0.25, 0.3) is 0 Å². The van der Waals surface area contributed by atoms with Crippen molar-refractivity contribution in [1.29, 1.82) is 0 Å². The number of hydrogen-bond acceptors (Lipinski definition) is 4. The number of rotatable bonds is 3. The lowest BCUT2D eigenvalue weighted by atomic mass is 10.1. The summed E-state index contributed by atoms with van der Waals surface area (Å²) in [5.74, 6) is -0.817. The maximum atomic E-state index is 11.3. The van der Waals surface area contributed by atoms with E-state index in [-0.39, 0.29) is 6.61 Å². The van der Waals surface area contributed by atoms with E-state index in [1.54, 1.807) is 0 Å². The standard InChI is InChI=1S/C7H8BrCl3N2O3/c8-5-1-4(16-13-5)3(2-14)12-6(15)7(9,10)11/h3-4,14H,1-2H2,(H,12,15)/t3-,4+/m0/s1. The Hall–Kier alpha value is 0.250. The summed E-state index contributed by atoms with van der Waals surface area (Å²) in [5.41, 5.74) is 0. The first kappa shape index (κ1) is 14.3. The summed E-state index contributed by atoms with van der Waals surface area (Å²) in [4.78, 5) is 16.3. The van der Waals surface area contributed by atoms with Crippen LogP contribution in [0, 0.1) is 0 Å². The van der Waals surface area contributed by atoms with Crippen LogP contribution < -0.4 is 5.32 Å². The molecule has 0 saturated heterocycles. The third-order valence-corrected chi connectivity index (χ3v) is 2.86. The molecule has 0 aliphatic carbocycles. The van der Waals surface area contributed by atoms with Crippen molar-refractivity contribution in [1.82, 2.24) is 5.32 Å². The maximum Gasteiger partial charge on any atom is 0.272 e. The largest absolute Gasteiger partial charge is 0.394 e. The molecule has 1 aliphatic rings. The topological polar surface area (TPSA) is 70.9 Å². The molecule has 1 aliphatic heterocycles. The minimum Gasteiger partial charge on any atom is -0.394 e. The zero-order valence-electron chi connectivity index (χ0n) is 7.79. The number of carbonyl (C=O) groups excluding carboxylic acids is 1. The first-order chi connectivity index (χ1) is 7.34. The average molecular weight is 354 g/mol. The monoisotopic (exact) mass is 352 g/mol. The summed E-state index contributed by atoms with van der Waals surface area (Å²) in [6.07, 6.45) is -0.0404. The number of amides is 1. The van der Waals surface area contributed by atoms with Crippen molar-refractivity contribution < 1.29 is 14.7 Å². The van der Waals surface area contributed by atoms with E-state index < -0.39 is 21.8 Å². The molecular weight excluding hydrogens is 346 g/mol. The molecule has 1 rings (SSSR count). The Labute approximate surface area is 115 Å². The number of hydrogen-bond donors (Lipinski definition) is 2. The second kappa shape index (κ2) is 5.73. The second-order valence-electron chi connectivity index (χ2n) is 3.08. The van der Waals surface area contributed by atoms with Crippen molar-refractivity contribution in [3.05, 3.63) is 0 Å². The summed E-state index contributed by atoms with van der Waals surface area (Å²) < 4.78 is -1.47. The Kier molecular flexibility index (Phi) is 5.12. The van der Waals surface area contributed by atoms with Crippen molar-refractivity contribution >= 4 is 61.3 Å². The van der Waals surface area contributed by atoms with Gasteiger partial charge >= 0.3 is 0 Å². The van der Waals surface area contributed by atoms with E-state index in [2.05, 4.69) is 26.4 Å². The van der Waals surface area contributed by atoms with Gasteiger partial charge in [-0.3, -0.25) is 4.79 Å². The molecule has 0 aromatic rings. The Morgan fingerprint density at radius 2 is 2.38 bits per heavy atom. The fraction of sp³-hybridized carbons (Fsp3) is 0.714. The smallest absolute Gasteiger partial charge is 0.272 e. The van der Waals surface area contributed by atoms with Crippen LogP contribution in [0.2, 0.25) is 0 Å². The third kappa shape index (κ3) is 3.92. The van der Waals surface area contributed by atoms with Gasteiger partial charge < -0.3 is 15.3 Å². The molecule has 16 heavy (non-hydrogen) atoms. The Bertz CT molecular complexity index is 308. The number of alkyl halides is 3. The van der Waals surface area contributed by atoms with E-state index >= 15 is 0 Å². The maximum absolute atomic E-state index is 11.3. The van der Waals surface area contributed by atoms with Crippen LogP contribution in [-0.2, 0) is 9.63 Å². The Morgan fingerprint density at radius 1 is 1.75 bits per heavy atom. The Morgan fingerprint density at radius 3 is 2.75 bits per heavy atom. The minimum absolute atomic E-state index is 0.340. The number of oxime groups is 1. The molecular formula is C7H8BrCl3N2O3. The SMILES string of the molecule is O=C(N[C@@H](CO)[C@H]1CC(Br)=NO1)C(Cl)(Cl)Cl. The molecule has 0 spiro atoms. The normalized spacial score (nSPS) is 22.3. The molecule has 0 aromatic heterocycles. The van der Waals surface area contributed by atoms with Gasteiger partial charge in [0.15, 0.2) is 6.10 Å². The lowest BCUT2D eigenvalue weighted by Crippen LogP contribution is -2.49. The molecule has 2 atom stereocenters. The number of carbonyl (C=O) groups is 1. The number of aliphatic hydroxyl groups is 1. The van der Waals surface area contributed by atoms with Crippen LogP contribution in [-0.4, -0.2) is 38.2 Å². The summed E-state index contributed by atoms with van der Waals surface area (Å²) >= 11 is 19.3. The number of nitrogens with zero attached hydrogens (tertiary/aromatic N) is 1. The van der Waals surface area contributed by atoms with Crippen molar-refractivity contribution in [3.63, 3.8) is 0 Å². The average Bonchev–Trinajstić information content (AvgIpc) is 2.59. The van der Waals surface area contributed by atoms with Crippen molar-refractivity contribution in [2.45, 2.75) is 22.4 Å². The minimum atomic E-state index is -2.07. The number of nitrogens with one attached hydrogen (secondary N) is 1. The van der Waals surface area contributed by atoms with Crippen LogP contribution in [0.5, 0.6) is 0 Å². The van der Waals surface area contributed by atoms with E-state index in [1.165, 1.54) is 0 Å². The van der Waals surface area contributed by atoms with Crippen LogP contribution >= 0.6 is 50.7 Å². The van der Waals surface area contributed by atoms with E-state index in [9.17, 15) is 4.79 Å². The highest BCUT2D eigenvalue weighted by Gasteiger charge is 2.36. The van der Waals surface area contributed by atoms with Gasteiger partial charge in [0.25, 0.3) is 9.70 Å². The molecule has 5 nitrogen and oxygen atoms in total. The van der Waals surface area contributed by atoms with Crippen LogP contribution in [0.15, 0.2) is 5.16 Å². The fourth-order valence-corrected chi connectivity index (χ4v) is 1.65. The van der Waals surface area contributed by atoms with Crippen molar-refractivity contribution in [3.8, 4) is 0 Å². The highest BCUT2D eigenvalue weighted by Crippen LogP contribution is 2.26. The Balaban J connectivity index is 2.54. The first-order valence-corrected chi connectivity index (χ1v) is 6.14. The molecule has 0 fully saturated rings. The predicted octanol–water partition coefficient (Wildman–Crippen LogP) is 1.33.